The number of carbonyl (C=O) groups excluding carboxylic acids is 5. The highest BCUT2D eigenvalue weighted by molar-refractivity contribution is 7.88. The molecule has 0 aromatic carbocycles. The molecule has 0 aromatic rings. The van der Waals surface area contributed by atoms with Gasteiger partial charge in [-0.25, -0.2) is 17.5 Å². The Labute approximate surface area is 294 Å². The van der Waals surface area contributed by atoms with E-state index < -0.39 is 68.6 Å². The molecule has 2 fully saturated rings. The van der Waals surface area contributed by atoms with Gasteiger partial charge in [-0.2, -0.15) is 0 Å². The van der Waals surface area contributed by atoms with E-state index in [0.29, 0.717) is 19.3 Å². The largest absolute Gasteiger partial charge is 0.346 e. The first kappa shape index (κ1) is 42.2. The van der Waals surface area contributed by atoms with Gasteiger partial charge in [0, 0.05) is 26.7 Å². The highest BCUT2D eigenvalue weighted by Crippen LogP contribution is 2.37. The molecule has 0 spiro atoms. The van der Waals surface area contributed by atoms with E-state index in [1.807, 2.05) is 48.5 Å². The van der Waals surface area contributed by atoms with Crippen molar-refractivity contribution in [1.82, 2.24) is 30.5 Å². The van der Waals surface area contributed by atoms with Crippen LogP contribution in [0.25, 0.3) is 0 Å². The van der Waals surface area contributed by atoms with E-state index in [1.165, 1.54) is 22.3 Å². The number of amides is 5. The van der Waals surface area contributed by atoms with E-state index in [4.69, 9.17) is 0 Å². The Balaban J connectivity index is 2.40. The summed E-state index contributed by atoms with van der Waals surface area (Å²) in [6.45, 7) is 17.5. The number of Topliss-reactive ketones (excluding diaryl/α,β-unsaturated/α-hetero) is 1. The molecule has 2 aliphatic rings. The number of rotatable bonds is 16. The lowest BCUT2D eigenvalue weighted by Gasteiger charge is -2.41. The minimum atomic E-state index is -3.49. The number of likely N-dealkylation sites (N-methyl/N-ethyl adjacent to an activating group) is 1. The SMILES string of the molecule is C=CCNC(=O)C(=O)C(CCCC)NC(=O)[C@@H]1[C@@H](C)[C@@H](C(C)C)CN1C(=O)[C@@H](NC(=O)NC1(CN(C)S(C)(=O)=O)CCCCC1)C(C)(C)C. The molecule has 1 saturated heterocycles. The summed E-state index contributed by atoms with van der Waals surface area (Å²) in [5.41, 5.74) is -1.56. The summed E-state index contributed by atoms with van der Waals surface area (Å²) in [5.74, 6) is -2.68. The van der Waals surface area contributed by atoms with Gasteiger partial charge in [0.2, 0.25) is 27.6 Å². The molecule has 49 heavy (non-hydrogen) atoms. The van der Waals surface area contributed by atoms with Gasteiger partial charge in [-0.15, -0.1) is 6.58 Å². The molecule has 1 unspecified atom stereocenters. The number of ketones is 1. The summed E-state index contributed by atoms with van der Waals surface area (Å²) in [6, 6.07) is -3.60. The fourth-order valence-electron chi connectivity index (χ4n) is 7.11. The minimum absolute atomic E-state index is 0.0353. The van der Waals surface area contributed by atoms with Crippen molar-refractivity contribution < 1.29 is 32.4 Å². The van der Waals surface area contributed by atoms with Crippen LogP contribution in [0.4, 0.5) is 4.79 Å². The van der Waals surface area contributed by atoms with Crippen LogP contribution in [-0.2, 0) is 29.2 Å². The van der Waals surface area contributed by atoms with E-state index in [9.17, 15) is 32.4 Å². The van der Waals surface area contributed by atoms with Gasteiger partial charge in [-0.3, -0.25) is 19.2 Å². The van der Waals surface area contributed by atoms with Crippen LogP contribution in [0.1, 0.15) is 99.8 Å². The second kappa shape index (κ2) is 17.8. The molecule has 1 aliphatic carbocycles. The van der Waals surface area contributed by atoms with Gasteiger partial charge in [0.05, 0.1) is 17.8 Å². The van der Waals surface area contributed by atoms with Crippen molar-refractivity contribution in [3.63, 3.8) is 0 Å². The maximum absolute atomic E-state index is 14.5. The summed E-state index contributed by atoms with van der Waals surface area (Å²) < 4.78 is 25.8. The Kier molecular flexibility index (Phi) is 15.3. The Morgan fingerprint density at radius 3 is 2.18 bits per heavy atom. The summed E-state index contributed by atoms with van der Waals surface area (Å²) >= 11 is 0. The summed E-state index contributed by atoms with van der Waals surface area (Å²) in [7, 11) is -2.00. The highest BCUT2D eigenvalue weighted by atomic mass is 32.2. The third-order valence-corrected chi connectivity index (χ3v) is 11.4. The predicted octanol–water partition coefficient (Wildman–Crippen LogP) is 2.96. The van der Waals surface area contributed by atoms with Gasteiger partial charge >= 0.3 is 6.03 Å². The molecule has 1 aliphatic heterocycles. The van der Waals surface area contributed by atoms with Crippen molar-refractivity contribution in [2.45, 2.75) is 123 Å². The molecule has 5 atom stereocenters. The Hall–Kier alpha value is -3.00. The van der Waals surface area contributed by atoms with E-state index in [2.05, 4.69) is 27.8 Å². The Morgan fingerprint density at radius 2 is 1.67 bits per heavy atom. The first-order valence-electron chi connectivity index (χ1n) is 17.7. The minimum Gasteiger partial charge on any atom is -0.346 e. The number of unbranched alkanes of at least 4 members (excludes halogenated alkanes) is 1. The molecule has 0 radical (unpaired) electrons. The standard InChI is InChI=1S/C35H62N6O7S/c1-11-13-17-26(28(42)31(44)36-20-12-2)37-30(43)27-24(5)25(23(3)4)21-41(27)32(45)29(34(6,7)8)38-33(46)39-35(18-15-14-16-19-35)22-40(9)49(10,47)48/h12,23-27,29H,2,11,13-22H2,1,3-10H3,(H,36,44)(H,37,43)(H2,38,39,46)/t24-,25+,26?,27-,29+/m0/s1. The van der Waals surface area contributed by atoms with Gasteiger partial charge in [-0.1, -0.05) is 86.6 Å². The molecule has 13 nitrogen and oxygen atoms in total. The van der Waals surface area contributed by atoms with Crippen molar-refractivity contribution in [3.8, 4) is 0 Å². The quantitative estimate of drug-likeness (QED) is 0.141. The average molecular weight is 711 g/mol. The smallest absolute Gasteiger partial charge is 0.315 e. The third-order valence-electron chi connectivity index (χ3n) is 10.1. The van der Waals surface area contributed by atoms with Crippen LogP contribution < -0.4 is 21.3 Å². The Bertz CT molecular complexity index is 1310. The molecule has 1 saturated carbocycles. The van der Waals surface area contributed by atoms with Crippen molar-refractivity contribution in [2.75, 3.05) is 32.9 Å². The van der Waals surface area contributed by atoms with Crippen molar-refractivity contribution in [3.05, 3.63) is 12.7 Å². The van der Waals surface area contributed by atoms with Crippen LogP contribution >= 0.6 is 0 Å². The summed E-state index contributed by atoms with van der Waals surface area (Å²) in [6.07, 6.45) is 8.06. The number of nitrogens with zero attached hydrogens (tertiary/aromatic N) is 2. The topological polar surface area (TPSA) is 174 Å². The van der Waals surface area contributed by atoms with Crippen LogP contribution in [0.5, 0.6) is 0 Å². The van der Waals surface area contributed by atoms with Crippen LogP contribution in [0.2, 0.25) is 0 Å². The predicted molar refractivity (Wildman–Crippen MR) is 191 cm³/mol. The lowest BCUT2D eigenvalue weighted by Crippen LogP contribution is -2.64. The maximum Gasteiger partial charge on any atom is 0.315 e. The van der Waals surface area contributed by atoms with E-state index in [-0.39, 0.29) is 43.8 Å². The number of hydrogen-bond donors (Lipinski definition) is 4. The van der Waals surface area contributed by atoms with Crippen LogP contribution in [0, 0.1) is 23.2 Å². The number of sulfonamides is 1. The maximum atomic E-state index is 14.5. The molecule has 2 rings (SSSR count). The van der Waals surface area contributed by atoms with Crippen LogP contribution in [0.15, 0.2) is 12.7 Å². The molecule has 4 N–H and O–H groups in total. The van der Waals surface area contributed by atoms with Crippen molar-refractivity contribution in [2.24, 2.45) is 23.2 Å². The molecule has 5 amide bonds. The normalized spacial score (nSPS) is 22.3. The average Bonchev–Trinajstić information content (AvgIpc) is 3.36. The third kappa shape index (κ3) is 11.5. The van der Waals surface area contributed by atoms with Crippen LogP contribution in [-0.4, -0.2) is 104 Å². The number of carbonyl (C=O) groups is 5. The van der Waals surface area contributed by atoms with Crippen molar-refractivity contribution in [1.29, 1.82) is 0 Å². The monoisotopic (exact) mass is 710 g/mol. The number of nitrogens with one attached hydrogen (secondary N) is 4. The molecule has 1 heterocycles. The van der Waals surface area contributed by atoms with Crippen LogP contribution in [0.3, 0.4) is 0 Å². The number of urea groups is 1. The second-order valence-electron chi connectivity index (χ2n) is 15.5. The summed E-state index contributed by atoms with van der Waals surface area (Å²) in [5, 5.41) is 11.2. The first-order chi connectivity index (χ1) is 22.7. The molecular formula is C35H62N6O7S. The zero-order valence-electron chi connectivity index (χ0n) is 31.2. The molecule has 280 valence electrons. The fourth-order valence-corrected chi connectivity index (χ4v) is 7.59. The molecule has 0 aromatic heterocycles. The van der Waals surface area contributed by atoms with Gasteiger partial charge in [-0.05, 0) is 42.4 Å². The van der Waals surface area contributed by atoms with E-state index in [1.54, 1.807) is 0 Å². The molecule has 14 heteroatoms. The molecular weight excluding hydrogens is 648 g/mol. The zero-order chi connectivity index (χ0) is 37.3. The van der Waals surface area contributed by atoms with Crippen molar-refractivity contribution >= 4 is 39.6 Å². The lowest BCUT2D eigenvalue weighted by atomic mass is 9.81. The molecule has 0 bridgehead atoms. The van der Waals surface area contributed by atoms with Gasteiger partial charge in [0.15, 0.2) is 0 Å². The van der Waals surface area contributed by atoms with Gasteiger partial charge < -0.3 is 26.2 Å². The first-order valence-corrected chi connectivity index (χ1v) is 19.6. The lowest BCUT2D eigenvalue weighted by molar-refractivity contribution is -0.144. The summed E-state index contributed by atoms with van der Waals surface area (Å²) in [4.78, 5) is 69.5. The van der Waals surface area contributed by atoms with E-state index >= 15 is 0 Å². The van der Waals surface area contributed by atoms with Gasteiger partial charge in [0.1, 0.15) is 12.1 Å². The highest BCUT2D eigenvalue weighted by Gasteiger charge is 2.50. The number of likely N-dealkylation sites (tertiary alicyclic amines) is 1. The zero-order valence-corrected chi connectivity index (χ0v) is 32.0. The van der Waals surface area contributed by atoms with E-state index in [0.717, 1.165) is 31.9 Å². The fraction of sp³-hybridized carbons (Fsp3) is 0.800. The number of hydrogen-bond acceptors (Lipinski definition) is 7. The second-order valence-corrected chi connectivity index (χ2v) is 17.6. The Morgan fingerprint density at radius 1 is 1.06 bits per heavy atom. The van der Waals surface area contributed by atoms with Gasteiger partial charge in [0.25, 0.3) is 5.91 Å².